The predicted molar refractivity (Wildman–Crippen MR) is 97.3 cm³/mol. The zero-order valence-electron chi connectivity index (χ0n) is 15.6. The summed E-state index contributed by atoms with van der Waals surface area (Å²) in [4.78, 5) is 26.1. The molecule has 1 saturated carbocycles. The SMILES string of the molecule is C=CC[C@@]12C=C(OC)C(=O)[C@@H](C1=O)[C@H](c1ccc(OC)c(OC)c1)[C@H]2C. The van der Waals surface area contributed by atoms with Crippen LogP contribution in [0.5, 0.6) is 11.5 Å². The molecule has 0 amide bonds. The van der Waals surface area contributed by atoms with Crippen LogP contribution in [-0.4, -0.2) is 32.9 Å². The van der Waals surface area contributed by atoms with Gasteiger partial charge >= 0.3 is 0 Å². The lowest BCUT2D eigenvalue weighted by atomic mass is 9.71. The Kier molecular flexibility index (Phi) is 4.65. The summed E-state index contributed by atoms with van der Waals surface area (Å²) in [5.74, 6) is 0.0905. The number of hydrogen-bond donors (Lipinski definition) is 0. The molecule has 1 aromatic rings. The van der Waals surface area contributed by atoms with Gasteiger partial charge in [-0.15, -0.1) is 6.58 Å². The van der Waals surface area contributed by atoms with Crippen molar-refractivity contribution in [1.82, 2.24) is 0 Å². The molecule has 0 aromatic heterocycles. The lowest BCUT2D eigenvalue weighted by Gasteiger charge is -2.31. The van der Waals surface area contributed by atoms with Gasteiger partial charge in [-0.05, 0) is 36.1 Å². The van der Waals surface area contributed by atoms with Crippen molar-refractivity contribution < 1.29 is 23.8 Å². The quantitative estimate of drug-likeness (QED) is 0.578. The average molecular weight is 356 g/mol. The van der Waals surface area contributed by atoms with Crippen LogP contribution in [0.25, 0.3) is 0 Å². The molecule has 3 rings (SSSR count). The molecule has 0 spiro atoms. The molecule has 0 aliphatic heterocycles. The van der Waals surface area contributed by atoms with Crippen LogP contribution in [0.4, 0.5) is 0 Å². The third kappa shape index (κ3) is 2.37. The van der Waals surface area contributed by atoms with E-state index in [2.05, 4.69) is 6.58 Å². The van der Waals surface area contributed by atoms with Gasteiger partial charge in [-0.1, -0.05) is 19.1 Å². The van der Waals surface area contributed by atoms with Crippen LogP contribution in [0.2, 0.25) is 0 Å². The number of methoxy groups -OCH3 is 3. The van der Waals surface area contributed by atoms with Gasteiger partial charge in [-0.25, -0.2) is 0 Å². The second-order valence-corrected chi connectivity index (χ2v) is 6.88. The minimum Gasteiger partial charge on any atom is -0.493 e. The number of hydrogen-bond acceptors (Lipinski definition) is 5. The fraction of sp³-hybridized carbons (Fsp3) is 0.429. The Hall–Kier alpha value is -2.56. The summed E-state index contributed by atoms with van der Waals surface area (Å²) in [5.41, 5.74) is 0.127. The third-order valence-electron chi connectivity index (χ3n) is 5.86. The minimum atomic E-state index is -0.760. The molecule has 0 heterocycles. The van der Waals surface area contributed by atoms with Gasteiger partial charge in [0.25, 0.3) is 0 Å². The maximum absolute atomic E-state index is 13.2. The number of carbonyl (C=O) groups excluding carboxylic acids is 2. The first-order valence-corrected chi connectivity index (χ1v) is 8.63. The molecular formula is C21H24O5. The van der Waals surface area contributed by atoms with E-state index in [0.717, 1.165) is 5.56 Å². The third-order valence-corrected chi connectivity index (χ3v) is 5.86. The van der Waals surface area contributed by atoms with Crippen LogP contribution >= 0.6 is 0 Å². The molecule has 0 unspecified atom stereocenters. The Labute approximate surface area is 153 Å². The molecule has 1 fully saturated rings. The van der Waals surface area contributed by atoms with Gasteiger partial charge in [0.2, 0.25) is 5.78 Å². The van der Waals surface area contributed by atoms with E-state index in [4.69, 9.17) is 14.2 Å². The summed E-state index contributed by atoms with van der Waals surface area (Å²) >= 11 is 0. The zero-order valence-corrected chi connectivity index (χ0v) is 15.6. The van der Waals surface area contributed by atoms with E-state index >= 15 is 0 Å². The van der Waals surface area contributed by atoms with Crippen molar-refractivity contribution in [3.8, 4) is 11.5 Å². The highest BCUT2D eigenvalue weighted by Crippen LogP contribution is 2.59. The maximum atomic E-state index is 13.2. The molecule has 2 bridgehead atoms. The van der Waals surface area contributed by atoms with Gasteiger partial charge in [-0.2, -0.15) is 0 Å². The second-order valence-electron chi connectivity index (χ2n) is 6.88. The highest BCUT2D eigenvalue weighted by molar-refractivity contribution is 6.17. The van der Waals surface area contributed by atoms with Crippen LogP contribution in [0, 0.1) is 17.3 Å². The van der Waals surface area contributed by atoms with Crippen molar-refractivity contribution in [2.24, 2.45) is 17.3 Å². The smallest absolute Gasteiger partial charge is 0.208 e. The lowest BCUT2D eigenvalue weighted by Crippen LogP contribution is -2.38. The van der Waals surface area contributed by atoms with Gasteiger partial charge in [0.05, 0.1) is 32.7 Å². The maximum Gasteiger partial charge on any atom is 0.208 e. The fourth-order valence-corrected chi connectivity index (χ4v) is 4.51. The van der Waals surface area contributed by atoms with Crippen LogP contribution in [-0.2, 0) is 14.3 Å². The molecule has 0 N–H and O–H groups in total. The van der Waals surface area contributed by atoms with E-state index < -0.39 is 11.3 Å². The first-order chi connectivity index (χ1) is 12.4. The molecule has 1 aromatic carbocycles. The number of fused-ring (bicyclic) bond motifs is 2. The summed E-state index contributed by atoms with van der Waals surface area (Å²) in [6.07, 6.45) is 3.93. The first kappa shape index (κ1) is 18.2. The summed E-state index contributed by atoms with van der Waals surface area (Å²) in [6, 6.07) is 5.57. The molecule has 0 radical (unpaired) electrons. The molecule has 2 aliphatic rings. The van der Waals surface area contributed by atoms with Crippen molar-refractivity contribution in [3.05, 3.63) is 48.3 Å². The number of ketones is 2. The van der Waals surface area contributed by atoms with Gasteiger partial charge < -0.3 is 14.2 Å². The zero-order chi connectivity index (χ0) is 19.1. The summed E-state index contributed by atoms with van der Waals surface area (Å²) in [5, 5.41) is 0. The minimum absolute atomic E-state index is 0.0458. The van der Waals surface area contributed by atoms with Crippen LogP contribution in [0.3, 0.4) is 0 Å². The standard InChI is InChI=1S/C21H24O5/c1-6-9-21-11-16(26-5)19(22)18(20(21)23)17(12(21)2)13-7-8-14(24-3)15(10-13)25-4/h6-8,10-12,17-18H,1,9H2,2-5H3/t12-,17+,18+,21+/m1/s1. The Morgan fingerprint density at radius 3 is 2.38 bits per heavy atom. The monoisotopic (exact) mass is 356 g/mol. The average Bonchev–Trinajstić information content (AvgIpc) is 2.80. The molecule has 4 atom stereocenters. The number of ether oxygens (including phenoxy) is 3. The van der Waals surface area contributed by atoms with Gasteiger partial charge in [0, 0.05) is 5.92 Å². The Balaban J connectivity index is 2.15. The number of allylic oxidation sites excluding steroid dienone is 3. The van der Waals surface area contributed by atoms with E-state index in [-0.39, 0.29) is 29.2 Å². The lowest BCUT2D eigenvalue weighted by molar-refractivity contribution is -0.136. The molecule has 138 valence electrons. The summed E-state index contributed by atoms with van der Waals surface area (Å²) in [7, 11) is 4.61. The molecular weight excluding hydrogens is 332 g/mol. The van der Waals surface area contributed by atoms with Crippen LogP contribution < -0.4 is 9.47 Å². The Morgan fingerprint density at radius 2 is 1.81 bits per heavy atom. The van der Waals surface area contributed by atoms with Crippen molar-refractivity contribution >= 4 is 11.6 Å². The summed E-state index contributed by atoms with van der Waals surface area (Å²) in [6.45, 7) is 5.83. The first-order valence-electron chi connectivity index (χ1n) is 8.63. The normalized spacial score (nSPS) is 30.0. The number of carbonyl (C=O) groups is 2. The Morgan fingerprint density at radius 1 is 1.12 bits per heavy atom. The summed E-state index contributed by atoms with van der Waals surface area (Å²) < 4.78 is 16.0. The Bertz CT molecular complexity index is 794. The molecule has 2 aliphatic carbocycles. The van der Waals surface area contributed by atoms with E-state index in [1.807, 2.05) is 25.1 Å². The molecule has 5 heteroatoms. The van der Waals surface area contributed by atoms with E-state index in [9.17, 15) is 9.59 Å². The van der Waals surface area contributed by atoms with E-state index in [1.165, 1.54) is 7.11 Å². The van der Waals surface area contributed by atoms with Crippen molar-refractivity contribution in [2.75, 3.05) is 21.3 Å². The van der Waals surface area contributed by atoms with Gasteiger partial charge in [0.1, 0.15) is 0 Å². The van der Waals surface area contributed by atoms with Crippen LogP contribution in [0.15, 0.2) is 42.7 Å². The van der Waals surface area contributed by atoms with Crippen LogP contribution in [0.1, 0.15) is 24.8 Å². The number of benzene rings is 1. The molecule has 26 heavy (non-hydrogen) atoms. The highest BCUT2D eigenvalue weighted by atomic mass is 16.5. The van der Waals surface area contributed by atoms with Gasteiger partial charge in [0.15, 0.2) is 23.0 Å². The second kappa shape index (κ2) is 6.63. The number of rotatable bonds is 6. The predicted octanol–water partition coefficient (Wildman–Crippen LogP) is 3.30. The van der Waals surface area contributed by atoms with E-state index in [1.54, 1.807) is 26.4 Å². The molecule has 0 saturated heterocycles. The van der Waals surface area contributed by atoms with Crippen molar-refractivity contribution in [2.45, 2.75) is 19.3 Å². The van der Waals surface area contributed by atoms with Crippen molar-refractivity contribution in [1.29, 1.82) is 0 Å². The van der Waals surface area contributed by atoms with Gasteiger partial charge in [-0.3, -0.25) is 9.59 Å². The van der Waals surface area contributed by atoms with Crippen molar-refractivity contribution in [3.63, 3.8) is 0 Å². The fourth-order valence-electron chi connectivity index (χ4n) is 4.51. The largest absolute Gasteiger partial charge is 0.493 e. The van der Waals surface area contributed by atoms with E-state index in [0.29, 0.717) is 17.9 Å². The topological polar surface area (TPSA) is 61.8 Å². The molecule has 5 nitrogen and oxygen atoms in total. The highest BCUT2D eigenvalue weighted by Gasteiger charge is 2.62. The number of Topliss-reactive ketones (excluding diaryl/α,β-unsaturated/α-hetero) is 2.